The van der Waals surface area contributed by atoms with Gasteiger partial charge in [-0.1, -0.05) is 0 Å². The average molecular weight is 428 g/mol. The number of aromatic nitrogens is 1. The van der Waals surface area contributed by atoms with Crippen LogP contribution in [0, 0.1) is 0 Å². The molecule has 1 aliphatic carbocycles. The molecule has 0 radical (unpaired) electrons. The zero-order valence-corrected chi connectivity index (χ0v) is 15.2. The summed E-state index contributed by atoms with van der Waals surface area (Å²) in [4.78, 5) is 3.74. The van der Waals surface area contributed by atoms with Gasteiger partial charge in [0.25, 0.3) is 0 Å². The maximum atomic E-state index is 13.0. The van der Waals surface area contributed by atoms with Crippen molar-refractivity contribution in [2.24, 2.45) is 0 Å². The molecule has 0 saturated heterocycles. The van der Waals surface area contributed by atoms with Gasteiger partial charge in [0.2, 0.25) is 5.88 Å². The number of hydrogen-bond acceptors (Lipinski definition) is 5. The second-order valence-corrected chi connectivity index (χ2v) is 6.67. The van der Waals surface area contributed by atoms with Gasteiger partial charge in [0, 0.05) is 49.9 Å². The summed E-state index contributed by atoms with van der Waals surface area (Å²) >= 11 is 2.99. The van der Waals surface area contributed by atoms with Crippen molar-refractivity contribution in [1.82, 2.24) is 4.98 Å². The highest BCUT2D eigenvalue weighted by Gasteiger charge is 2.38. The van der Waals surface area contributed by atoms with E-state index in [2.05, 4.69) is 20.9 Å². The molecule has 1 fully saturated rings. The Kier molecular flexibility index (Phi) is 7.92. The molecular formula is C16H21BrF3NO4. The molecule has 0 aliphatic heterocycles. The van der Waals surface area contributed by atoms with Gasteiger partial charge < -0.3 is 19.3 Å². The third-order valence-corrected chi connectivity index (χ3v) is 4.12. The van der Waals surface area contributed by atoms with Gasteiger partial charge in [-0.2, -0.15) is 13.2 Å². The average Bonchev–Trinajstić information content (AvgIpc) is 2.51. The van der Waals surface area contributed by atoms with Crippen molar-refractivity contribution < 1.29 is 32.5 Å². The van der Waals surface area contributed by atoms with Gasteiger partial charge in [-0.3, -0.25) is 0 Å². The van der Waals surface area contributed by atoms with Crippen LogP contribution in [0.4, 0.5) is 13.2 Å². The number of ether oxygens (including phenoxy) is 3. The normalized spacial score (nSPS) is 20.4. The Bertz CT molecular complexity index is 539. The first kappa shape index (κ1) is 20.4. The molecule has 9 heteroatoms. The van der Waals surface area contributed by atoms with Crippen LogP contribution < -0.4 is 4.74 Å². The van der Waals surface area contributed by atoms with Crippen LogP contribution in [0.15, 0.2) is 16.7 Å². The number of hydrogen-bond donors (Lipinski definition) is 1. The first-order valence-electron chi connectivity index (χ1n) is 8.09. The SMILES string of the molecule is OCCCOCCCO[C@H]1C[C@H](Oc2ncc(Br)cc2C(F)(F)F)C1. The third kappa shape index (κ3) is 6.73. The highest BCUT2D eigenvalue weighted by atomic mass is 79.9. The maximum Gasteiger partial charge on any atom is 0.421 e. The quantitative estimate of drug-likeness (QED) is 0.578. The molecule has 1 N–H and O–H groups in total. The summed E-state index contributed by atoms with van der Waals surface area (Å²) < 4.78 is 55.5. The van der Waals surface area contributed by atoms with E-state index in [1.807, 2.05) is 0 Å². The number of nitrogens with zero attached hydrogens (tertiary/aromatic N) is 1. The standard InChI is InChI=1S/C16H21BrF3NO4/c17-11-7-14(16(18,19)20)15(21-10-11)25-13-8-12(9-13)24-6-2-5-23-4-1-3-22/h7,10,12-13,22H,1-6,8-9H2/t12-,13-. The fourth-order valence-corrected chi connectivity index (χ4v) is 2.64. The van der Waals surface area contributed by atoms with Gasteiger partial charge in [0.15, 0.2) is 0 Å². The molecule has 5 nitrogen and oxygen atoms in total. The first-order valence-corrected chi connectivity index (χ1v) is 8.89. The van der Waals surface area contributed by atoms with Crippen molar-refractivity contribution in [2.45, 2.75) is 44.1 Å². The van der Waals surface area contributed by atoms with Crippen LogP contribution in [0.3, 0.4) is 0 Å². The van der Waals surface area contributed by atoms with Crippen LogP contribution in [-0.4, -0.2) is 48.7 Å². The molecule has 0 spiro atoms. The zero-order valence-electron chi connectivity index (χ0n) is 13.6. The topological polar surface area (TPSA) is 60.8 Å². The fourth-order valence-electron chi connectivity index (χ4n) is 2.31. The smallest absolute Gasteiger partial charge is 0.421 e. The molecule has 2 rings (SSSR count). The van der Waals surface area contributed by atoms with E-state index >= 15 is 0 Å². The van der Waals surface area contributed by atoms with Crippen LogP contribution in [0.5, 0.6) is 5.88 Å². The van der Waals surface area contributed by atoms with Crippen molar-refractivity contribution >= 4 is 15.9 Å². The Morgan fingerprint density at radius 2 is 1.88 bits per heavy atom. The molecule has 0 amide bonds. The van der Waals surface area contributed by atoms with E-state index < -0.39 is 17.6 Å². The van der Waals surface area contributed by atoms with Gasteiger partial charge in [-0.05, 0) is 34.8 Å². The van der Waals surface area contributed by atoms with Crippen LogP contribution >= 0.6 is 15.9 Å². The number of halogens is 4. The maximum absolute atomic E-state index is 13.0. The molecule has 1 saturated carbocycles. The Labute approximate surface area is 152 Å². The Hall–Kier alpha value is -0.900. The lowest BCUT2D eigenvalue weighted by Crippen LogP contribution is -2.40. The highest BCUT2D eigenvalue weighted by Crippen LogP contribution is 2.38. The van der Waals surface area contributed by atoms with E-state index in [0.717, 1.165) is 12.5 Å². The molecule has 0 atom stereocenters. The van der Waals surface area contributed by atoms with E-state index in [1.165, 1.54) is 6.20 Å². The first-order chi connectivity index (χ1) is 11.9. The summed E-state index contributed by atoms with van der Waals surface area (Å²) in [6, 6.07) is 0.964. The van der Waals surface area contributed by atoms with Crippen molar-refractivity contribution in [3.8, 4) is 5.88 Å². The molecular weight excluding hydrogens is 407 g/mol. The summed E-state index contributed by atoms with van der Waals surface area (Å²) in [7, 11) is 0. The minimum absolute atomic E-state index is 0.00720. The third-order valence-electron chi connectivity index (χ3n) is 3.69. The monoisotopic (exact) mass is 427 g/mol. The molecule has 1 aromatic rings. The summed E-state index contributed by atoms with van der Waals surface area (Å²) in [5.41, 5.74) is -0.883. The van der Waals surface area contributed by atoms with Crippen LogP contribution in [-0.2, 0) is 15.7 Å². The predicted octanol–water partition coefficient (Wildman–Crippen LogP) is 3.58. The van der Waals surface area contributed by atoms with Gasteiger partial charge in [0.1, 0.15) is 11.7 Å². The van der Waals surface area contributed by atoms with E-state index in [0.29, 0.717) is 39.1 Å². The summed E-state index contributed by atoms with van der Waals surface area (Å²) in [6.07, 6.45) is -1.11. The lowest BCUT2D eigenvalue weighted by Gasteiger charge is -2.35. The molecule has 0 aromatic carbocycles. The Morgan fingerprint density at radius 3 is 2.56 bits per heavy atom. The number of aliphatic hydroxyl groups is 1. The van der Waals surface area contributed by atoms with Gasteiger partial charge in [-0.25, -0.2) is 4.98 Å². The van der Waals surface area contributed by atoms with E-state index in [1.54, 1.807) is 0 Å². The molecule has 1 heterocycles. The number of alkyl halides is 3. The van der Waals surface area contributed by atoms with E-state index in [-0.39, 0.29) is 23.3 Å². The second-order valence-electron chi connectivity index (χ2n) is 5.75. The lowest BCUT2D eigenvalue weighted by atomic mass is 9.92. The van der Waals surface area contributed by atoms with Crippen LogP contribution in [0.25, 0.3) is 0 Å². The van der Waals surface area contributed by atoms with Gasteiger partial charge in [0.05, 0.1) is 6.10 Å². The largest absolute Gasteiger partial charge is 0.474 e. The van der Waals surface area contributed by atoms with Crippen molar-refractivity contribution in [3.63, 3.8) is 0 Å². The zero-order chi connectivity index (χ0) is 18.3. The highest BCUT2D eigenvalue weighted by molar-refractivity contribution is 9.10. The lowest BCUT2D eigenvalue weighted by molar-refractivity contribution is -0.141. The fraction of sp³-hybridized carbons (Fsp3) is 0.688. The van der Waals surface area contributed by atoms with Gasteiger partial charge >= 0.3 is 6.18 Å². The van der Waals surface area contributed by atoms with Crippen molar-refractivity contribution in [1.29, 1.82) is 0 Å². The minimum Gasteiger partial charge on any atom is -0.474 e. The second kappa shape index (κ2) is 9.70. The molecule has 0 bridgehead atoms. The number of pyridine rings is 1. The number of aliphatic hydroxyl groups excluding tert-OH is 1. The summed E-state index contributed by atoms with van der Waals surface area (Å²) in [6.45, 7) is 1.73. The molecule has 1 aliphatic rings. The predicted molar refractivity (Wildman–Crippen MR) is 87.5 cm³/mol. The molecule has 25 heavy (non-hydrogen) atoms. The van der Waals surface area contributed by atoms with Crippen LogP contribution in [0.1, 0.15) is 31.2 Å². The van der Waals surface area contributed by atoms with Crippen LogP contribution in [0.2, 0.25) is 0 Å². The van der Waals surface area contributed by atoms with Crippen molar-refractivity contribution in [2.75, 3.05) is 26.4 Å². The summed E-state index contributed by atoms with van der Waals surface area (Å²) in [5, 5.41) is 8.60. The van der Waals surface area contributed by atoms with Gasteiger partial charge in [-0.15, -0.1) is 0 Å². The molecule has 142 valence electrons. The van der Waals surface area contributed by atoms with E-state index in [9.17, 15) is 13.2 Å². The Morgan fingerprint density at radius 1 is 1.16 bits per heavy atom. The molecule has 0 unspecified atom stereocenters. The summed E-state index contributed by atoms with van der Waals surface area (Å²) in [5.74, 6) is -0.392. The Balaban J connectivity index is 1.67. The minimum atomic E-state index is -4.51. The molecule has 1 aromatic heterocycles. The van der Waals surface area contributed by atoms with E-state index in [4.69, 9.17) is 19.3 Å². The number of rotatable bonds is 10. The van der Waals surface area contributed by atoms with Crippen molar-refractivity contribution in [3.05, 3.63) is 22.3 Å².